The lowest BCUT2D eigenvalue weighted by atomic mass is 10.2. The standard InChI is InChI=1S/C15H30N2O3/c1-6-8-9-10-17(12(3)4)15(20)16(7-2)13(5)11-14(18)19/h12-13H,6-11H2,1-5H3,(H,18,19). The largest absolute Gasteiger partial charge is 0.481 e. The third-order valence-corrected chi connectivity index (χ3v) is 3.46. The Morgan fingerprint density at radius 2 is 1.65 bits per heavy atom. The van der Waals surface area contributed by atoms with Crippen LogP contribution in [0.5, 0.6) is 0 Å². The molecule has 0 bridgehead atoms. The van der Waals surface area contributed by atoms with E-state index < -0.39 is 5.97 Å². The van der Waals surface area contributed by atoms with E-state index in [2.05, 4.69) is 6.92 Å². The molecule has 0 aliphatic carbocycles. The van der Waals surface area contributed by atoms with E-state index in [9.17, 15) is 9.59 Å². The molecule has 1 unspecified atom stereocenters. The quantitative estimate of drug-likeness (QED) is 0.662. The highest BCUT2D eigenvalue weighted by Gasteiger charge is 2.26. The van der Waals surface area contributed by atoms with Gasteiger partial charge >= 0.3 is 12.0 Å². The Labute approximate surface area is 122 Å². The highest BCUT2D eigenvalue weighted by atomic mass is 16.4. The van der Waals surface area contributed by atoms with Gasteiger partial charge in [0.25, 0.3) is 0 Å². The summed E-state index contributed by atoms with van der Waals surface area (Å²) in [5.41, 5.74) is 0. The van der Waals surface area contributed by atoms with E-state index in [0.29, 0.717) is 6.54 Å². The molecule has 1 atom stereocenters. The average Bonchev–Trinajstić information content (AvgIpc) is 2.33. The first-order valence-corrected chi connectivity index (χ1v) is 7.64. The zero-order valence-electron chi connectivity index (χ0n) is 13.6. The number of unbranched alkanes of at least 4 members (excludes halogenated alkanes) is 2. The summed E-state index contributed by atoms with van der Waals surface area (Å²) in [6.45, 7) is 11.1. The average molecular weight is 286 g/mol. The van der Waals surface area contributed by atoms with Crippen LogP contribution in [-0.2, 0) is 4.79 Å². The summed E-state index contributed by atoms with van der Waals surface area (Å²) in [6.07, 6.45) is 3.20. The second kappa shape index (κ2) is 9.61. The van der Waals surface area contributed by atoms with Crippen LogP contribution in [0.1, 0.15) is 60.3 Å². The monoisotopic (exact) mass is 286 g/mol. The second-order valence-electron chi connectivity index (χ2n) is 5.51. The molecule has 0 aliphatic rings. The summed E-state index contributed by atoms with van der Waals surface area (Å²) in [6, 6.07) is -0.199. The first kappa shape index (κ1) is 18.7. The van der Waals surface area contributed by atoms with E-state index in [4.69, 9.17) is 5.11 Å². The summed E-state index contributed by atoms with van der Waals surface area (Å²) in [5.74, 6) is -0.870. The highest BCUT2D eigenvalue weighted by Crippen LogP contribution is 2.12. The Bertz CT molecular complexity index is 305. The molecular weight excluding hydrogens is 256 g/mol. The van der Waals surface area contributed by atoms with Crippen molar-refractivity contribution in [1.82, 2.24) is 9.80 Å². The molecule has 5 heteroatoms. The lowest BCUT2D eigenvalue weighted by molar-refractivity contribution is -0.138. The minimum atomic E-state index is -0.870. The van der Waals surface area contributed by atoms with Crippen LogP contribution in [-0.4, -0.2) is 52.1 Å². The van der Waals surface area contributed by atoms with Crippen molar-refractivity contribution in [3.8, 4) is 0 Å². The Kier molecular flexibility index (Phi) is 9.01. The fraction of sp³-hybridized carbons (Fsp3) is 0.867. The van der Waals surface area contributed by atoms with Crippen LogP contribution in [0.2, 0.25) is 0 Å². The predicted molar refractivity (Wildman–Crippen MR) is 80.9 cm³/mol. The molecule has 5 nitrogen and oxygen atoms in total. The van der Waals surface area contributed by atoms with E-state index >= 15 is 0 Å². The van der Waals surface area contributed by atoms with Gasteiger partial charge in [-0.05, 0) is 34.1 Å². The molecule has 2 amide bonds. The summed E-state index contributed by atoms with van der Waals surface area (Å²) in [7, 11) is 0. The number of rotatable bonds is 9. The van der Waals surface area contributed by atoms with E-state index in [0.717, 1.165) is 25.8 Å². The van der Waals surface area contributed by atoms with Crippen molar-refractivity contribution in [1.29, 1.82) is 0 Å². The highest BCUT2D eigenvalue weighted by molar-refractivity contribution is 5.76. The molecule has 0 aromatic carbocycles. The number of carboxylic acid groups (broad SMARTS) is 1. The minimum Gasteiger partial charge on any atom is -0.481 e. The lowest BCUT2D eigenvalue weighted by Gasteiger charge is -2.35. The van der Waals surface area contributed by atoms with Gasteiger partial charge in [-0.1, -0.05) is 19.8 Å². The summed E-state index contributed by atoms with van der Waals surface area (Å²) in [4.78, 5) is 26.9. The first-order valence-electron chi connectivity index (χ1n) is 7.64. The van der Waals surface area contributed by atoms with Crippen molar-refractivity contribution in [3.05, 3.63) is 0 Å². The fourth-order valence-electron chi connectivity index (χ4n) is 2.27. The first-order chi connectivity index (χ1) is 9.34. The summed E-state index contributed by atoms with van der Waals surface area (Å²) < 4.78 is 0. The molecule has 0 saturated heterocycles. The van der Waals surface area contributed by atoms with Crippen molar-refractivity contribution in [2.75, 3.05) is 13.1 Å². The van der Waals surface area contributed by atoms with Gasteiger partial charge in [0.1, 0.15) is 0 Å². The SMILES string of the molecule is CCCCCN(C(=O)N(CC)C(C)CC(=O)O)C(C)C. The van der Waals surface area contributed by atoms with Gasteiger partial charge in [0.15, 0.2) is 0 Å². The van der Waals surface area contributed by atoms with Gasteiger partial charge in [-0.2, -0.15) is 0 Å². The van der Waals surface area contributed by atoms with Gasteiger partial charge in [0.05, 0.1) is 6.42 Å². The minimum absolute atomic E-state index is 0.0134. The van der Waals surface area contributed by atoms with Crippen molar-refractivity contribution in [2.45, 2.75) is 72.4 Å². The van der Waals surface area contributed by atoms with Crippen molar-refractivity contribution in [2.24, 2.45) is 0 Å². The van der Waals surface area contributed by atoms with Crippen molar-refractivity contribution < 1.29 is 14.7 Å². The molecule has 0 rings (SSSR count). The zero-order valence-corrected chi connectivity index (χ0v) is 13.6. The molecule has 0 saturated carbocycles. The van der Waals surface area contributed by atoms with Gasteiger partial charge in [-0.15, -0.1) is 0 Å². The predicted octanol–water partition coefficient (Wildman–Crippen LogP) is 3.19. The molecule has 0 heterocycles. The van der Waals surface area contributed by atoms with Crippen LogP contribution in [0.15, 0.2) is 0 Å². The third kappa shape index (κ3) is 6.26. The van der Waals surface area contributed by atoms with Gasteiger partial charge in [0.2, 0.25) is 0 Å². The fourth-order valence-corrected chi connectivity index (χ4v) is 2.27. The van der Waals surface area contributed by atoms with Crippen LogP contribution < -0.4 is 0 Å². The molecule has 0 radical (unpaired) electrons. The van der Waals surface area contributed by atoms with Crippen molar-refractivity contribution >= 4 is 12.0 Å². The smallest absolute Gasteiger partial charge is 0.320 e. The van der Waals surface area contributed by atoms with Crippen LogP contribution in [0.3, 0.4) is 0 Å². The van der Waals surface area contributed by atoms with Gasteiger partial charge in [-0.25, -0.2) is 4.79 Å². The maximum absolute atomic E-state index is 12.6. The van der Waals surface area contributed by atoms with Crippen molar-refractivity contribution in [3.63, 3.8) is 0 Å². The molecule has 118 valence electrons. The normalized spacial score (nSPS) is 12.3. The molecule has 1 N–H and O–H groups in total. The van der Waals surface area contributed by atoms with Crippen LogP contribution in [0.4, 0.5) is 4.79 Å². The third-order valence-electron chi connectivity index (χ3n) is 3.46. The van der Waals surface area contributed by atoms with E-state index in [1.807, 2.05) is 25.7 Å². The van der Waals surface area contributed by atoms with Crippen LogP contribution in [0.25, 0.3) is 0 Å². The number of hydrogen-bond acceptors (Lipinski definition) is 2. The zero-order chi connectivity index (χ0) is 15.7. The van der Waals surface area contributed by atoms with Gasteiger partial charge in [-0.3, -0.25) is 4.79 Å². The number of carboxylic acids is 1. The van der Waals surface area contributed by atoms with Gasteiger partial charge < -0.3 is 14.9 Å². The Morgan fingerprint density at radius 3 is 2.05 bits per heavy atom. The Hall–Kier alpha value is -1.26. The second-order valence-corrected chi connectivity index (χ2v) is 5.51. The number of aliphatic carboxylic acids is 1. The Balaban J connectivity index is 4.77. The molecular formula is C15H30N2O3. The molecule has 20 heavy (non-hydrogen) atoms. The number of urea groups is 1. The molecule has 0 aromatic rings. The van der Waals surface area contributed by atoms with E-state index in [-0.39, 0.29) is 24.5 Å². The topological polar surface area (TPSA) is 60.9 Å². The van der Waals surface area contributed by atoms with Crippen LogP contribution >= 0.6 is 0 Å². The van der Waals surface area contributed by atoms with E-state index in [1.165, 1.54) is 0 Å². The molecule has 0 aliphatic heterocycles. The maximum atomic E-state index is 12.6. The molecule has 0 spiro atoms. The number of hydrogen-bond donors (Lipinski definition) is 1. The number of carbonyl (C=O) groups is 2. The summed E-state index contributed by atoms with van der Waals surface area (Å²) >= 11 is 0. The maximum Gasteiger partial charge on any atom is 0.320 e. The number of amides is 2. The van der Waals surface area contributed by atoms with Crippen LogP contribution in [0, 0.1) is 0 Å². The Morgan fingerprint density at radius 1 is 1.05 bits per heavy atom. The van der Waals surface area contributed by atoms with Gasteiger partial charge in [0, 0.05) is 25.2 Å². The molecule has 0 aromatic heterocycles. The number of carbonyl (C=O) groups excluding carboxylic acids is 1. The number of nitrogens with zero attached hydrogens (tertiary/aromatic N) is 2. The summed E-state index contributed by atoms with van der Waals surface area (Å²) in [5, 5.41) is 8.88. The molecule has 0 fully saturated rings. The lowest BCUT2D eigenvalue weighted by Crippen LogP contribution is -2.50. The van der Waals surface area contributed by atoms with E-state index in [1.54, 1.807) is 11.8 Å².